The Morgan fingerprint density at radius 3 is 2.76 bits per heavy atom. The Morgan fingerprint density at radius 2 is 1.97 bits per heavy atom. The van der Waals surface area contributed by atoms with E-state index in [4.69, 9.17) is 14.2 Å². The molecule has 7 nitrogen and oxygen atoms in total. The van der Waals surface area contributed by atoms with Crippen LogP contribution in [0.15, 0.2) is 60.9 Å². The molecule has 2 heterocycles. The summed E-state index contributed by atoms with van der Waals surface area (Å²) in [7, 11) is 0. The van der Waals surface area contributed by atoms with E-state index in [1.54, 1.807) is 12.1 Å². The molecule has 1 aromatic heterocycles. The predicted octanol–water partition coefficient (Wildman–Crippen LogP) is 3.44. The molecule has 0 saturated carbocycles. The molecule has 182 valence electrons. The number of hydrogen-bond donors (Lipinski definition) is 1. The maximum Gasteiger partial charge on any atom is 0.134 e. The Kier molecular flexibility index (Phi) is 8.16. The van der Waals surface area contributed by atoms with Gasteiger partial charge in [0.15, 0.2) is 0 Å². The fourth-order valence-electron chi connectivity index (χ4n) is 3.99. The quantitative estimate of drug-likeness (QED) is 0.459. The van der Waals surface area contributed by atoms with E-state index in [0.717, 1.165) is 29.8 Å². The van der Waals surface area contributed by atoms with Crippen molar-refractivity contribution in [2.24, 2.45) is 0 Å². The number of aryl methyl sites for hydroxylation is 2. The van der Waals surface area contributed by atoms with Crippen LogP contribution in [0.5, 0.6) is 11.5 Å². The van der Waals surface area contributed by atoms with Crippen molar-refractivity contribution in [2.45, 2.75) is 32.0 Å². The van der Waals surface area contributed by atoms with Gasteiger partial charge < -0.3 is 19.3 Å². The monoisotopic (exact) mass is 469 g/mol. The van der Waals surface area contributed by atoms with E-state index in [2.05, 4.69) is 10.00 Å². The molecule has 0 radical (unpaired) electrons. The van der Waals surface area contributed by atoms with Crippen LogP contribution in [0.3, 0.4) is 0 Å². The zero-order chi connectivity index (χ0) is 23.8. The van der Waals surface area contributed by atoms with Crippen LogP contribution in [0, 0.1) is 12.7 Å². The molecule has 0 spiro atoms. The molecule has 1 aliphatic heterocycles. The number of rotatable bonds is 10. The molecule has 1 unspecified atom stereocenters. The third-order valence-corrected chi connectivity index (χ3v) is 5.61. The second-order valence-electron chi connectivity index (χ2n) is 8.86. The lowest BCUT2D eigenvalue weighted by molar-refractivity contribution is -0.0647. The zero-order valence-electron chi connectivity index (χ0n) is 19.5. The van der Waals surface area contributed by atoms with E-state index in [-0.39, 0.29) is 19.0 Å². The lowest BCUT2D eigenvalue weighted by atomic mass is 10.1. The highest BCUT2D eigenvalue weighted by atomic mass is 19.1. The van der Waals surface area contributed by atoms with Crippen molar-refractivity contribution >= 4 is 0 Å². The molecular formula is C26H32FN3O4. The minimum absolute atomic E-state index is 0.0197. The van der Waals surface area contributed by atoms with Crippen molar-refractivity contribution in [3.05, 3.63) is 77.9 Å². The van der Waals surface area contributed by atoms with Gasteiger partial charge in [0.2, 0.25) is 0 Å². The summed E-state index contributed by atoms with van der Waals surface area (Å²) in [4.78, 5) is 2.14. The zero-order valence-corrected chi connectivity index (χ0v) is 19.5. The number of aromatic nitrogens is 2. The highest BCUT2D eigenvalue weighted by Gasteiger charge is 2.33. The molecule has 0 bridgehead atoms. The molecule has 0 amide bonds. The average Bonchev–Trinajstić information content (AvgIpc) is 3.14. The summed E-state index contributed by atoms with van der Waals surface area (Å²) in [6.45, 7) is 5.88. The second-order valence-corrected chi connectivity index (χ2v) is 8.86. The molecule has 2 aromatic carbocycles. The van der Waals surface area contributed by atoms with Crippen LogP contribution in [-0.4, -0.2) is 64.9 Å². The fourth-order valence-corrected chi connectivity index (χ4v) is 3.99. The van der Waals surface area contributed by atoms with Crippen molar-refractivity contribution in [1.82, 2.24) is 14.7 Å². The van der Waals surface area contributed by atoms with Crippen LogP contribution >= 0.6 is 0 Å². The van der Waals surface area contributed by atoms with Gasteiger partial charge in [0.25, 0.3) is 0 Å². The minimum Gasteiger partial charge on any atom is -0.494 e. The van der Waals surface area contributed by atoms with Crippen molar-refractivity contribution in [1.29, 1.82) is 0 Å². The number of nitrogens with zero attached hydrogens (tertiary/aromatic N) is 3. The van der Waals surface area contributed by atoms with Gasteiger partial charge in [-0.05, 0) is 42.3 Å². The smallest absolute Gasteiger partial charge is 0.134 e. The standard InChI is InChI=1S/C26H32FN3O4/c1-21-15-28-30(16-21)9-4-11-33-24-7-2-5-22(13-24)17-29-10-12-32-19-26(31,18-29)20-34-25-8-3-6-23(27)14-25/h2-3,5-8,13-16,31H,4,9-12,17-20H2,1H3. The lowest BCUT2D eigenvalue weighted by Crippen LogP contribution is -2.48. The Hall–Kier alpha value is -2.94. The first-order valence-corrected chi connectivity index (χ1v) is 11.6. The number of aliphatic hydroxyl groups is 1. The number of halogens is 1. The van der Waals surface area contributed by atoms with Crippen LogP contribution in [0.1, 0.15) is 17.5 Å². The third-order valence-electron chi connectivity index (χ3n) is 5.61. The maximum atomic E-state index is 13.4. The van der Waals surface area contributed by atoms with E-state index < -0.39 is 5.60 Å². The molecule has 8 heteroatoms. The second kappa shape index (κ2) is 11.5. The van der Waals surface area contributed by atoms with Gasteiger partial charge in [-0.15, -0.1) is 0 Å². The normalized spacial score (nSPS) is 19.0. The van der Waals surface area contributed by atoms with Gasteiger partial charge in [0.05, 0.1) is 26.0 Å². The molecule has 1 saturated heterocycles. The maximum absolute atomic E-state index is 13.4. The number of ether oxygens (including phenoxy) is 3. The van der Waals surface area contributed by atoms with E-state index >= 15 is 0 Å². The van der Waals surface area contributed by atoms with Crippen LogP contribution in [0.4, 0.5) is 4.39 Å². The van der Waals surface area contributed by atoms with Crippen molar-refractivity contribution in [2.75, 3.05) is 39.5 Å². The van der Waals surface area contributed by atoms with Crippen molar-refractivity contribution < 1.29 is 23.7 Å². The molecule has 1 fully saturated rings. The summed E-state index contributed by atoms with van der Waals surface area (Å²) in [5, 5.41) is 15.4. The summed E-state index contributed by atoms with van der Waals surface area (Å²) in [5.41, 5.74) is 1.05. The molecule has 1 atom stereocenters. The first-order chi connectivity index (χ1) is 16.5. The van der Waals surface area contributed by atoms with Crippen LogP contribution in [-0.2, 0) is 17.8 Å². The van der Waals surface area contributed by atoms with E-state index in [0.29, 0.717) is 38.6 Å². The summed E-state index contributed by atoms with van der Waals surface area (Å²) in [5.74, 6) is 0.837. The average molecular weight is 470 g/mol. The summed E-state index contributed by atoms with van der Waals surface area (Å²) in [6.07, 6.45) is 4.75. The topological polar surface area (TPSA) is 69.0 Å². The highest BCUT2D eigenvalue weighted by molar-refractivity contribution is 5.28. The molecule has 1 N–H and O–H groups in total. The minimum atomic E-state index is -1.19. The molecule has 3 aromatic rings. The van der Waals surface area contributed by atoms with Crippen LogP contribution in [0.2, 0.25) is 0 Å². The van der Waals surface area contributed by atoms with E-state index in [9.17, 15) is 9.50 Å². The SMILES string of the molecule is Cc1cnn(CCCOc2cccc(CN3CCOCC(O)(COc4cccc(F)c4)C3)c2)c1. The highest BCUT2D eigenvalue weighted by Crippen LogP contribution is 2.20. The largest absolute Gasteiger partial charge is 0.494 e. The Labute approximate surface area is 199 Å². The van der Waals surface area contributed by atoms with Crippen LogP contribution in [0.25, 0.3) is 0 Å². The molecule has 1 aliphatic rings. The van der Waals surface area contributed by atoms with Crippen molar-refractivity contribution in [3.8, 4) is 11.5 Å². The molecular weight excluding hydrogens is 437 g/mol. The van der Waals surface area contributed by atoms with Crippen LogP contribution < -0.4 is 9.47 Å². The lowest BCUT2D eigenvalue weighted by Gasteiger charge is -2.30. The number of β-amino-alcohol motifs (C(OH)–C–C–N with tert-alkyl or cyclic N) is 1. The molecule has 0 aliphatic carbocycles. The van der Waals surface area contributed by atoms with Gasteiger partial charge in [-0.3, -0.25) is 9.58 Å². The number of hydrogen-bond acceptors (Lipinski definition) is 6. The van der Waals surface area contributed by atoms with Gasteiger partial charge in [0, 0.05) is 44.9 Å². The summed E-state index contributed by atoms with van der Waals surface area (Å²) < 4.78 is 32.6. The summed E-state index contributed by atoms with van der Waals surface area (Å²) >= 11 is 0. The molecule has 34 heavy (non-hydrogen) atoms. The first-order valence-electron chi connectivity index (χ1n) is 11.6. The van der Waals surface area contributed by atoms with E-state index in [1.165, 1.54) is 12.1 Å². The first kappa shape index (κ1) is 24.2. The summed E-state index contributed by atoms with van der Waals surface area (Å²) in [6, 6.07) is 13.9. The van der Waals surface area contributed by atoms with Gasteiger partial charge in [0.1, 0.15) is 29.5 Å². The predicted molar refractivity (Wildman–Crippen MR) is 126 cm³/mol. The van der Waals surface area contributed by atoms with Gasteiger partial charge in [-0.1, -0.05) is 18.2 Å². The van der Waals surface area contributed by atoms with Gasteiger partial charge >= 0.3 is 0 Å². The number of benzene rings is 2. The molecule has 4 rings (SSSR count). The van der Waals surface area contributed by atoms with Crippen molar-refractivity contribution in [3.63, 3.8) is 0 Å². The van der Waals surface area contributed by atoms with Gasteiger partial charge in [-0.25, -0.2) is 4.39 Å². The third kappa shape index (κ3) is 7.28. The Morgan fingerprint density at radius 1 is 1.15 bits per heavy atom. The van der Waals surface area contributed by atoms with E-state index in [1.807, 2.05) is 48.3 Å². The Balaban J connectivity index is 1.28. The fraction of sp³-hybridized carbons (Fsp3) is 0.423. The Bertz CT molecular complexity index is 1060. The van der Waals surface area contributed by atoms with Gasteiger partial charge in [-0.2, -0.15) is 5.10 Å².